The summed E-state index contributed by atoms with van der Waals surface area (Å²) in [6, 6.07) is 15.3. The van der Waals surface area contributed by atoms with Crippen molar-refractivity contribution in [2.45, 2.75) is 32.7 Å². The highest BCUT2D eigenvalue weighted by Gasteiger charge is 2.21. The van der Waals surface area contributed by atoms with Crippen molar-refractivity contribution in [2.24, 2.45) is 4.99 Å². The predicted molar refractivity (Wildman–Crippen MR) is 128 cm³/mol. The van der Waals surface area contributed by atoms with Gasteiger partial charge in [0.05, 0.1) is 6.54 Å². The third kappa shape index (κ3) is 6.92. The molecule has 6 nitrogen and oxygen atoms in total. The Kier molecular flexibility index (Phi) is 9.24. The maximum Gasteiger partial charge on any atom is 0.227 e. The van der Waals surface area contributed by atoms with Crippen molar-refractivity contribution in [2.75, 3.05) is 24.5 Å². The summed E-state index contributed by atoms with van der Waals surface area (Å²) >= 11 is 0. The van der Waals surface area contributed by atoms with E-state index >= 15 is 0 Å². The number of phenolic OH excluding ortho intramolecular Hbond substituents is 1. The number of rotatable bonds is 7. The molecule has 0 aromatic heterocycles. The fourth-order valence-corrected chi connectivity index (χ4v) is 3.25. The minimum Gasteiger partial charge on any atom is -0.508 e. The highest BCUT2D eigenvalue weighted by atomic mass is 127. The summed E-state index contributed by atoms with van der Waals surface area (Å²) in [5.74, 6) is 1.26. The SMILES string of the molecule is CCNC(=NCc1ccc(N2CCCC2=O)cc1)NCCc1cccc(O)c1.I. The normalized spacial score (nSPS) is 13.9. The molecule has 3 rings (SSSR count). The van der Waals surface area contributed by atoms with Gasteiger partial charge in [0.2, 0.25) is 5.91 Å². The van der Waals surface area contributed by atoms with Gasteiger partial charge < -0.3 is 20.6 Å². The quantitative estimate of drug-likeness (QED) is 0.304. The third-order valence-corrected chi connectivity index (χ3v) is 4.70. The Morgan fingerprint density at radius 3 is 2.59 bits per heavy atom. The number of carbonyl (C=O) groups excluding carboxylic acids is 1. The Bertz CT molecular complexity index is 824. The number of guanidine groups is 1. The second-order valence-corrected chi connectivity index (χ2v) is 6.86. The summed E-state index contributed by atoms with van der Waals surface area (Å²) in [7, 11) is 0. The molecular formula is C22H29IN4O2. The molecule has 0 unspecified atom stereocenters. The first kappa shape index (κ1) is 23.0. The molecule has 1 saturated heterocycles. The van der Waals surface area contributed by atoms with E-state index in [1.807, 2.05) is 48.2 Å². The number of anilines is 1. The van der Waals surface area contributed by atoms with E-state index in [9.17, 15) is 9.90 Å². The van der Waals surface area contributed by atoms with Crippen molar-refractivity contribution in [1.29, 1.82) is 0 Å². The zero-order valence-electron chi connectivity index (χ0n) is 16.7. The monoisotopic (exact) mass is 508 g/mol. The van der Waals surface area contributed by atoms with E-state index in [4.69, 9.17) is 0 Å². The Morgan fingerprint density at radius 2 is 1.93 bits per heavy atom. The number of hydrogen-bond donors (Lipinski definition) is 3. The number of carbonyl (C=O) groups is 1. The van der Waals surface area contributed by atoms with Crippen LogP contribution < -0.4 is 15.5 Å². The summed E-state index contributed by atoms with van der Waals surface area (Å²) in [5, 5.41) is 16.1. The van der Waals surface area contributed by atoms with Gasteiger partial charge in [-0.15, -0.1) is 24.0 Å². The molecule has 0 spiro atoms. The lowest BCUT2D eigenvalue weighted by molar-refractivity contribution is -0.117. The number of benzene rings is 2. The smallest absolute Gasteiger partial charge is 0.227 e. The Labute approximate surface area is 189 Å². The van der Waals surface area contributed by atoms with E-state index in [1.54, 1.807) is 12.1 Å². The van der Waals surface area contributed by atoms with Gasteiger partial charge >= 0.3 is 0 Å². The van der Waals surface area contributed by atoms with Crippen LogP contribution in [0.1, 0.15) is 30.9 Å². The van der Waals surface area contributed by atoms with Gasteiger partial charge in [-0.05, 0) is 55.2 Å². The number of amides is 1. The molecule has 7 heteroatoms. The van der Waals surface area contributed by atoms with E-state index in [1.165, 1.54) is 0 Å². The van der Waals surface area contributed by atoms with Crippen LogP contribution in [0.5, 0.6) is 5.75 Å². The van der Waals surface area contributed by atoms with E-state index < -0.39 is 0 Å². The van der Waals surface area contributed by atoms with E-state index in [0.29, 0.717) is 13.0 Å². The van der Waals surface area contributed by atoms with Crippen LogP contribution in [0.15, 0.2) is 53.5 Å². The van der Waals surface area contributed by atoms with E-state index in [2.05, 4.69) is 15.6 Å². The summed E-state index contributed by atoms with van der Waals surface area (Å²) in [6.07, 6.45) is 2.38. The largest absolute Gasteiger partial charge is 0.508 e. The maximum atomic E-state index is 11.8. The molecule has 1 aliphatic rings. The number of nitrogens with zero attached hydrogens (tertiary/aromatic N) is 2. The zero-order chi connectivity index (χ0) is 19.8. The van der Waals surface area contributed by atoms with Gasteiger partial charge in [-0.25, -0.2) is 4.99 Å². The Balaban J connectivity index is 0.00000300. The molecule has 0 saturated carbocycles. The molecule has 1 aliphatic heterocycles. The second kappa shape index (κ2) is 11.6. The van der Waals surface area contributed by atoms with Gasteiger partial charge in [-0.3, -0.25) is 4.79 Å². The molecule has 0 atom stereocenters. The summed E-state index contributed by atoms with van der Waals surface area (Å²) < 4.78 is 0. The standard InChI is InChI=1S/C22H28N4O2.HI/c1-2-23-22(24-13-12-17-5-3-6-20(27)15-17)25-16-18-8-10-19(11-9-18)26-14-4-7-21(26)28;/h3,5-6,8-11,15,27H,2,4,7,12-14,16H2,1H3,(H2,23,24,25);1H. The molecule has 2 aromatic carbocycles. The van der Waals surface area contributed by atoms with Gasteiger partial charge in [0, 0.05) is 31.7 Å². The second-order valence-electron chi connectivity index (χ2n) is 6.86. The number of hydrogen-bond acceptors (Lipinski definition) is 3. The minimum absolute atomic E-state index is 0. The number of aromatic hydroxyl groups is 1. The minimum atomic E-state index is 0. The van der Waals surface area contributed by atoms with Crippen LogP contribution in [0, 0.1) is 0 Å². The topological polar surface area (TPSA) is 77.0 Å². The van der Waals surface area contributed by atoms with Crippen LogP contribution in [0.25, 0.3) is 0 Å². The van der Waals surface area contributed by atoms with Crippen molar-refractivity contribution in [3.05, 3.63) is 59.7 Å². The summed E-state index contributed by atoms with van der Waals surface area (Å²) in [4.78, 5) is 18.3. The van der Waals surface area contributed by atoms with Crippen molar-refractivity contribution >= 4 is 41.5 Å². The molecule has 0 aliphatic carbocycles. The molecule has 1 amide bonds. The molecule has 156 valence electrons. The number of aliphatic imine (C=N–C) groups is 1. The van der Waals surface area contributed by atoms with Gasteiger partial charge in [0.1, 0.15) is 5.75 Å². The van der Waals surface area contributed by atoms with Crippen LogP contribution in [-0.2, 0) is 17.8 Å². The van der Waals surface area contributed by atoms with Crippen LogP contribution >= 0.6 is 24.0 Å². The number of phenols is 1. The maximum absolute atomic E-state index is 11.8. The average Bonchev–Trinajstić information content (AvgIpc) is 3.12. The molecule has 1 fully saturated rings. The van der Waals surface area contributed by atoms with Gasteiger partial charge in [0.15, 0.2) is 5.96 Å². The van der Waals surface area contributed by atoms with E-state index in [0.717, 1.165) is 55.2 Å². The molecule has 1 heterocycles. The van der Waals surface area contributed by atoms with Crippen LogP contribution in [0.2, 0.25) is 0 Å². The van der Waals surface area contributed by atoms with Gasteiger partial charge in [0.25, 0.3) is 0 Å². The van der Waals surface area contributed by atoms with Crippen LogP contribution in [-0.4, -0.2) is 36.6 Å². The predicted octanol–water partition coefficient (Wildman–Crippen LogP) is 3.43. The molecule has 2 aromatic rings. The number of nitrogens with one attached hydrogen (secondary N) is 2. The van der Waals surface area contributed by atoms with Crippen LogP contribution in [0.4, 0.5) is 5.69 Å². The highest BCUT2D eigenvalue weighted by molar-refractivity contribution is 14.0. The molecular weight excluding hydrogens is 479 g/mol. The fraction of sp³-hybridized carbons (Fsp3) is 0.364. The Hall–Kier alpha value is -2.29. The van der Waals surface area contributed by atoms with Crippen LogP contribution in [0.3, 0.4) is 0 Å². The van der Waals surface area contributed by atoms with E-state index in [-0.39, 0.29) is 35.6 Å². The average molecular weight is 508 g/mol. The molecule has 0 radical (unpaired) electrons. The highest BCUT2D eigenvalue weighted by Crippen LogP contribution is 2.21. The van der Waals surface area contributed by atoms with Crippen molar-refractivity contribution < 1.29 is 9.90 Å². The fourth-order valence-electron chi connectivity index (χ4n) is 3.25. The first-order chi connectivity index (χ1) is 13.7. The first-order valence-corrected chi connectivity index (χ1v) is 9.85. The lowest BCUT2D eigenvalue weighted by Crippen LogP contribution is -2.38. The van der Waals surface area contributed by atoms with Crippen molar-refractivity contribution in [3.8, 4) is 5.75 Å². The molecule has 29 heavy (non-hydrogen) atoms. The zero-order valence-corrected chi connectivity index (χ0v) is 19.1. The summed E-state index contributed by atoms with van der Waals surface area (Å²) in [5.41, 5.74) is 3.14. The lowest BCUT2D eigenvalue weighted by atomic mass is 10.1. The van der Waals surface area contributed by atoms with Crippen molar-refractivity contribution in [3.63, 3.8) is 0 Å². The van der Waals surface area contributed by atoms with Crippen molar-refractivity contribution in [1.82, 2.24) is 10.6 Å². The number of halogens is 1. The Morgan fingerprint density at radius 1 is 1.14 bits per heavy atom. The molecule has 3 N–H and O–H groups in total. The molecule has 0 bridgehead atoms. The summed E-state index contributed by atoms with van der Waals surface area (Å²) in [6.45, 7) is 4.92. The van der Waals surface area contributed by atoms with Gasteiger partial charge in [-0.1, -0.05) is 24.3 Å². The third-order valence-electron chi connectivity index (χ3n) is 4.70. The van der Waals surface area contributed by atoms with Gasteiger partial charge in [-0.2, -0.15) is 0 Å². The lowest BCUT2D eigenvalue weighted by Gasteiger charge is -2.16. The first-order valence-electron chi connectivity index (χ1n) is 9.85.